The molecule has 0 bridgehead atoms. The smallest absolute Gasteiger partial charge is 0.230 e. The highest BCUT2D eigenvalue weighted by molar-refractivity contribution is 5.85. The molecule has 19 heavy (non-hydrogen) atoms. The van der Waals surface area contributed by atoms with Crippen LogP contribution in [-0.2, 0) is 9.53 Å². The quantitative estimate of drug-likeness (QED) is 0.862. The van der Waals surface area contributed by atoms with Crippen LogP contribution in [0.3, 0.4) is 0 Å². The third kappa shape index (κ3) is 3.23. The third-order valence-corrected chi connectivity index (χ3v) is 4.88. The van der Waals surface area contributed by atoms with Crippen molar-refractivity contribution >= 4 is 18.3 Å². The molecular weight excluding hydrogens is 264 g/mol. The predicted octanol–water partition coefficient (Wildman–Crippen LogP) is 1.81. The fourth-order valence-electron chi connectivity index (χ4n) is 3.42. The van der Waals surface area contributed by atoms with Gasteiger partial charge in [0.25, 0.3) is 0 Å². The van der Waals surface area contributed by atoms with Crippen molar-refractivity contribution in [2.24, 2.45) is 17.1 Å². The van der Waals surface area contributed by atoms with E-state index in [0.717, 1.165) is 45.2 Å². The monoisotopic (exact) mass is 290 g/mol. The molecule has 0 radical (unpaired) electrons. The zero-order valence-corrected chi connectivity index (χ0v) is 12.9. The Labute approximate surface area is 122 Å². The van der Waals surface area contributed by atoms with Crippen molar-refractivity contribution in [3.8, 4) is 0 Å². The standard InChI is InChI=1S/C14H26N2O2.ClH/c1-11-5-8-16(9-12(11)18-2)13(17)14(10-15)6-3-4-7-14;/h11-12H,3-10,15H2,1-2H3;1H. The van der Waals surface area contributed by atoms with E-state index in [4.69, 9.17) is 10.5 Å². The molecule has 0 aromatic carbocycles. The molecule has 2 unspecified atom stereocenters. The Balaban J connectivity index is 0.00000180. The number of hydrogen-bond donors (Lipinski definition) is 1. The molecule has 0 aromatic rings. The molecule has 2 atom stereocenters. The maximum atomic E-state index is 12.7. The van der Waals surface area contributed by atoms with E-state index >= 15 is 0 Å². The van der Waals surface area contributed by atoms with Crippen LogP contribution in [-0.4, -0.2) is 43.7 Å². The highest BCUT2D eigenvalue weighted by Gasteiger charge is 2.43. The topological polar surface area (TPSA) is 55.6 Å². The number of nitrogens with two attached hydrogens (primary N) is 1. The Morgan fingerprint density at radius 2 is 2.05 bits per heavy atom. The summed E-state index contributed by atoms with van der Waals surface area (Å²) in [5.74, 6) is 0.813. The van der Waals surface area contributed by atoms with Gasteiger partial charge in [-0.05, 0) is 25.2 Å². The van der Waals surface area contributed by atoms with E-state index in [-0.39, 0.29) is 29.8 Å². The van der Waals surface area contributed by atoms with Crippen LogP contribution in [0.15, 0.2) is 0 Å². The lowest BCUT2D eigenvalue weighted by Crippen LogP contribution is -2.53. The lowest BCUT2D eigenvalue weighted by atomic mass is 9.83. The van der Waals surface area contributed by atoms with Crippen molar-refractivity contribution in [1.82, 2.24) is 4.90 Å². The minimum atomic E-state index is -0.265. The summed E-state index contributed by atoms with van der Waals surface area (Å²) in [7, 11) is 1.74. The van der Waals surface area contributed by atoms with Crippen molar-refractivity contribution in [2.45, 2.75) is 45.1 Å². The summed E-state index contributed by atoms with van der Waals surface area (Å²) >= 11 is 0. The number of methoxy groups -OCH3 is 1. The van der Waals surface area contributed by atoms with E-state index < -0.39 is 0 Å². The molecule has 1 aliphatic heterocycles. The Kier molecular flexibility index (Phi) is 6.09. The number of ether oxygens (including phenoxy) is 1. The van der Waals surface area contributed by atoms with Gasteiger partial charge in [-0.25, -0.2) is 0 Å². The summed E-state index contributed by atoms with van der Waals surface area (Å²) in [6, 6.07) is 0. The van der Waals surface area contributed by atoms with Gasteiger partial charge in [0.05, 0.1) is 11.5 Å². The molecule has 2 aliphatic rings. The molecule has 2 fully saturated rings. The van der Waals surface area contributed by atoms with Crippen LogP contribution in [0.1, 0.15) is 39.0 Å². The van der Waals surface area contributed by atoms with Gasteiger partial charge >= 0.3 is 0 Å². The van der Waals surface area contributed by atoms with E-state index in [1.165, 1.54) is 0 Å². The van der Waals surface area contributed by atoms with Gasteiger partial charge in [0.2, 0.25) is 5.91 Å². The largest absolute Gasteiger partial charge is 0.379 e. The number of carbonyl (C=O) groups is 1. The van der Waals surface area contributed by atoms with Crippen LogP contribution < -0.4 is 5.73 Å². The van der Waals surface area contributed by atoms with Crippen molar-refractivity contribution in [3.05, 3.63) is 0 Å². The molecule has 5 heteroatoms. The molecule has 2 rings (SSSR count). The minimum Gasteiger partial charge on any atom is -0.379 e. The Bertz CT molecular complexity index is 306. The highest BCUT2D eigenvalue weighted by Crippen LogP contribution is 2.39. The molecule has 1 saturated heterocycles. The summed E-state index contributed by atoms with van der Waals surface area (Å²) in [5, 5.41) is 0. The van der Waals surface area contributed by atoms with Crippen LogP contribution in [0.5, 0.6) is 0 Å². The molecule has 4 nitrogen and oxygen atoms in total. The van der Waals surface area contributed by atoms with Crippen molar-refractivity contribution < 1.29 is 9.53 Å². The number of halogens is 1. The van der Waals surface area contributed by atoms with Gasteiger partial charge in [0, 0.05) is 26.7 Å². The van der Waals surface area contributed by atoms with E-state index in [1.54, 1.807) is 7.11 Å². The molecule has 0 spiro atoms. The van der Waals surface area contributed by atoms with Crippen molar-refractivity contribution in [2.75, 3.05) is 26.7 Å². The van der Waals surface area contributed by atoms with Gasteiger partial charge in [0.1, 0.15) is 0 Å². The molecule has 0 aromatic heterocycles. The molecular formula is C14H27ClN2O2. The van der Waals surface area contributed by atoms with Crippen LogP contribution in [0, 0.1) is 11.3 Å². The zero-order chi connectivity index (χ0) is 13.2. The summed E-state index contributed by atoms with van der Waals surface area (Å²) in [6.45, 7) is 4.29. The average Bonchev–Trinajstić information content (AvgIpc) is 2.88. The summed E-state index contributed by atoms with van der Waals surface area (Å²) in [4.78, 5) is 14.7. The minimum absolute atomic E-state index is 0. The number of piperidine rings is 1. The Hall–Kier alpha value is -0.320. The molecule has 1 amide bonds. The number of carbonyl (C=O) groups excluding carboxylic acids is 1. The predicted molar refractivity (Wildman–Crippen MR) is 78.4 cm³/mol. The molecule has 1 aliphatic carbocycles. The lowest BCUT2D eigenvalue weighted by Gasteiger charge is -2.40. The Morgan fingerprint density at radius 1 is 1.42 bits per heavy atom. The van der Waals surface area contributed by atoms with Gasteiger partial charge in [0.15, 0.2) is 0 Å². The van der Waals surface area contributed by atoms with Crippen molar-refractivity contribution in [3.63, 3.8) is 0 Å². The van der Waals surface area contributed by atoms with E-state index in [0.29, 0.717) is 12.5 Å². The second-order valence-corrected chi connectivity index (χ2v) is 5.98. The summed E-state index contributed by atoms with van der Waals surface area (Å²) in [6.07, 6.45) is 5.42. The van der Waals surface area contributed by atoms with E-state index in [2.05, 4.69) is 6.92 Å². The number of likely N-dealkylation sites (tertiary alicyclic amines) is 1. The fraction of sp³-hybridized carbons (Fsp3) is 0.929. The normalized spacial score (nSPS) is 29.9. The first-order valence-electron chi connectivity index (χ1n) is 7.15. The number of hydrogen-bond acceptors (Lipinski definition) is 3. The van der Waals surface area contributed by atoms with E-state index in [1.807, 2.05) is 4.90 Å². The van der Waals surface area contributed by atoms with Gasteiger partial charge in [-0.3, -0.25) is 4.79 Å². The number of amides is 1. The van der Waals surface area contributed by atoms with Gasteiger partial charge in [-0.15, -0.1) is 12.4 Å². The molecule has 1 heterocycles. The van der Waals surface area contributed by atoms with Crippen molar-refractivity contribution in [1.29, 1.82) is 0 Å². The number of nitrogens with zero attached hydrogens (tertiary/aromatic N) is 1. The van der Waals surface area contributed by atoms with Crippen LogP contribution in [0.25, 0.3) is 0 Å². The summed E-state index contributed by atoms with van der Waals surface area (Å²) < 4.78 is 5.49. The number of rotatable bonds is 3. The molecule has 2 N–H and O–H groups in total. The first-order valence-corrected chi connectivity index (χ1v) is 7.15. The maximum absolute atomic E-state index is 12.7. The first-order chi connectivity index (χ1) is 8.63. The van der Waals surface area contributed by atoms with Gasteiger partial charge in [-0.2, -0.15) is 0 Å². The lowest BCUT2D eigenvalue weighted by molar-refractivity contribution is -0.146. The third-order valence-electron chi connectivity index (χ3n) is 4.88. The van der Waals surface area contributed by atoms with Gasteiger partial charge < -0.3 is 15.4 Å². The first kappa shape index (κ1) is 16.7. The second-order valence-electron chi connectivity index (χ2n) is 5.98. The zero-order valence-electron chi connectivity index (χ0n) is 12.1. The highest BCUT2D eigenvalue weighted by atomic mass is 35.5. The van der Waals surface area contributed by atoms with Crippen LogP contribution in [0.2, 0.25) is 0 Å². The molecule has 112 valence electrons. The van der Waals surface area contributed by atoms with Gasteiger partial charge in [-0.1, -0.05) is 19.8 Å². The van der Waals surface area contributed by atoms with Crippen LogP contribution >= 0.6 is 12.4 Å². The molecule has 1 saturated carbocycles. The average molecular weight is 291 g/mol. The fourth-order valence-corrected chi connectivity index (χ4v) is 3.42. The summed E-state index contributed by atoms with van der Waals surface area (Å²) in [5.41, 5.74) is 5.63. The second kappa shape index (κ2) is 6.91. The SMILES string of the molecule is COC1CN(C(=O)C2(CN)CCCC2)CCC1C.Cl. The Morgan fingerprint density at radius 3 is 2.58 bits per heavy atom. The van der Waals surface area contributed by atoms with Crippen LogP contribution in [0.4, 0.5) is 0 Å². The maximum Gasteiger partial charge on any atom is 0.230 e. The van der Waals surface area contributed by atoms with E-state index in [9.17, 15) is 4.79 Å².